The Labute approximate surface area is 127 Å². The predicted molar refractivity (Wildman–Crippen MR) is 81.6 cm³/mol. The fourth-order valence-electron chi connectivity index (χ4n) is 2.51. The Morgan fingerprint density at radius 2 is 2.05 bits per heavy atom. The molecule has 5 nitrogen and oxygen atoms in total. The second kappa shape index (κ2) is 5.85. The Bertz CT molecular complexity index is 762. The lowest BCUT2D eigenvalue weighted by Crippen LogP contribution is -2.07. The lowest BCUT2D eigenvalue weighted by Gasteiger charge is -2.06. The van der Waals surface area contributed by atoms with Gasteiger partial charge < -0.3 is 9.09 Å². The number of hydrogen-bond acceptors (Lipinski definition) is 4. The third kappa shape index (κ3) is 2.78. The highest BCUT2D eigenvalue weighted by Crippen LogP contribution is 2.20. The molecule has 0 spiro atoms. The largest absolute Gasteiger partial charge is 0.340 e. The van der Waals surface area contributed by atoms with E-state index in [0.717, 1.165) is 35.6 Å². The summed E-state index contributed by atoms with van der Waals surface area (Å²) in [7, 11) is 0. The maximum absolute atomic E-state index is 5.90. The number of alkyl halides is 1. The van der Waals surface area contributed by atoms with E-state index in [2.05, 4.69) is 39.8 Å². The minimum atomic E-state index is 0.559. The van der Waals surface area contributed by atoms with Gasteiger partial charge in [0.1, 0.15) is 5.82 Å². The van der Waals surface area contributed by atoms with Crippen molar-refractivity contribution in [3.05, 3.63) is 41.3 Å². The summed E-state index contributed by atoms with van der Waals surface area (Å²) in [6.07, 6.45) is 1.47. The third-order valence-corrected chi connectivity index (χ3v) is 3.70. The lowest BCUT2D eigenvalue weighted by molar-refractivity contribution is 0.386. The summed E-state index contributed by atoms with van der Waals surface area (Å²) in [6, 6.07) is 6.22. The first-order valence-corrected chi connectivity index (χ1v) is 7.52. The van der Waals surface area contributed by atoms with Crippen LogP contribution in [0.25, 0.3) is 11.0 Å². The van der Waals surface area contributed by atoms with E-state index in [9.17, 15) is 0 Å². The van der Waals surface area contributed by atoms with E-state index < -0.39 is 0 Å². The number of rotatable bonds is 5. The van der Waals surface area contributed by atoms with Crippen molar-refractivity contribution in [3.63, 3.8) is 0 Å². The molecule has 3 aromatic rings. The van der Waals surface area contributed by atoms with Gasteiger partial charge in [0.05, 0.1) is 11.0 Å². The molecule has 0 atom stereocenters. The van der Waals surface area contributed by atoms with E-state index >= 15 is 0 Å². The number of hydrogen-bond donors (Lipinski definition) is 0. The maximum Gasteiger partial charge on any atom is 0.223 e. The minimum Gasteiger partial charge on any atom is -0.340 e. The van der Waals surface area contributed by atoms with Crippen LogP contribution in [0.2, 0.25) is 0 Å². The quantitative estimate of drug-likeness (QED) is 0.680. The van der Waals surface area contributed by atoms with Crippen molar-refractivity contribution in [2.75, 3.05) is 5.88 Å². The molecule has 0 unspecified atom stereocenters. The molecule has 2 heterocycles. The summed E-state index contributed by atoms with van der Waals surface area (Å²) < 4.78 is 7.22. The second-order valence-electron chi connectivity index (χ2n) is 5.04. The number of imidazole rings is 1. The maximum atomic E-state index is 5.90. The predicted octanol–water partition coefficient (Wildman–Crippen LogP) is 3.06. The summed E-state index contributed by atoms with van der Waals surface area (Å²) in [6.45, 7) is 4.64. The van der Waals surface area contributed by atoms with E-state index in [1.54, 1.807) is 6.92 Å². The molecule has 1 aromatic carbocycles. The molecule has 0 saturated carbocycles. The van der Waals surface area contributed by atoms with Crippen LogP contribution in [0.1, 0.15) is 23.1 Å². The summed E-state index contributed by atoms with van der Waals surface area (Å²) in [5.41, 5.74) is 3.36. The Morgan fingerprint density at radius 3 is 2.76 bits per heavy atom. The number of aryl methyl sites for hydroxylation is 5. The van der Waals surface area contributed by atoms with Crippen molar-refractivity contribution in [1.82, 2.24) is 19.7 Å². The van der Waals surface area contributed by atoms with Crippen LogP contribution in [0.4, 0.5) is 0 Å². The molecule has 0 radical (unpaired) electrons. The van der Waals surface area contributed by atoms with Crippen LogP contribution in [0, 0.1) is 13.8 Å². The van der Waals surface area contributed by atoms with Gasteiger partial charge >= 0.3 is 0 Å². The first-order valence-electron chi connectivity index (χ1n) is 6.99. The fraction of sp³-hybridized carbons (Fsp3) is 0.400. The molecule has 0 aliphatic rings. The van der Waals surface area contributed by atoms with Crippen LogP contribution in [0.15, 0.2) is 22.7 Å². The van der Waals surface area contributed by atoms with Crippen LogP contribution in [-0.2, 0) is 19.4 Å². The van der Waals surface area contributed by atoms with Gasteiger partial charge in [-0.25, -0.2) is 4.98 Å². The first kappa shape index (κ1) is 14.1. The van der Waals surface area contributed by atoms with Crippen molar-refractivity contribution >= 4 is 22.6 Å². The van der Waals surface area contributed by atoms with E-state index in [1.807, 2.05) is 0 Å². The Morgan fingerprint density at radius 1 is 1.19 bits per heavy atom. The molecule has 0 amide bonds. The van der Waals surface area contributed by atoms with E-state index in [-0.39, 0.29) is 0 Å². The third-order valence-electron chi connectivity index (χ3n) is 3.51. The second-order valence-corrected chi connectivity index (χ2v) is 5.42. The number of halogens is 1. The highest BCUT2D eigenvalue weighted by molar-refractivity contribution is 6.17. The summed E-state index contributed by atoms with van der Waals surface area (Å²) in [4.78, 5) is 8.98. The average molecular weight is 305 g/mol. The summed E-state index contributed by atoms with van der Waals surface area (Å²) in [5, 5.41) is 3.94. The minimum absolute atomic E-state index is 0.559. The molecule has 0 aliphatic heterocycles. The molecule has 0 fully saturated rings. The van der Waals surface area contributed by atoms with Crippen LogP contribution in [-0.4, -0.2) is 25.6 Å². The molecular weight excluding hydrogens is 288 g/mol. The number of nitrogens with zero attached hydrogens (tertiary/aromatic N) is 4. The molecule has 3 rings (SSSR count). The monoisotopic (exact) mass is 304 g/mol. The van der Waals surface area contributed by atoms with E-state index in [1.165, 1.54) is 5.56 Å². The highest BCUT2D eigenvalue weighted by Gasteiger charge is 2.12. The molecule has 110 valence electrons. The number of para-hydroxylation sites is 1. The summed E-state index contributed by atoms with van der Waals surface area (Å²) in [5.74, 6) is 2.88. The van der Waals surface area contributed by atoms with Gasteiger partial charge in [0.25, 0.3) is 0 Å². The fourth-order valence-corrected chi connectivity index (χ4v) is 2.68. The molecule has 0 bridgehead atoms. The lowest BCUT2D eigenvalue weighted by atomic mass is 10.2. The molecule has 2 aromatic heterocycles. The normalized spacial score (nSPS) is 11.4. The average Bonchev–Trinajstić information content (AvgIpc) is 3.02. The highest BCUT2D eigenvalue weighted by atomic mass is 35.5. The smallest absolute Gasteiger partial charge is 0.223 e. The van der Waals surface area contributed by atoms with Gasteiger partial charge in [-0.05, 0) is 18.6 Å². The molecule has 0 aliphatic carbocycles. The Hall–Kier alpha value is -1.88. The van der Waals surface area contributed by atoms with Gasteiger partial charge in [0.15, 0.2) is 5.82 Å². The van der Waals surface area contributed by atoms with Gasteiger partial charge in [-0.1, -0.05) is 17.3 Å². The van der Waals surface area contributed by atoms with Crippen molar-refractivity contribution in [1.29, 1.82) is 0 Å². The number of fused-ring (bicyclic) bond motifs is 1. The summed E-state index contributed by atoms with van der Waals surface area (Å²) >= 11 is 5.90. The van der Waals surface area contributed by atoms with Crippen molar-refractivity contribution in [2.45, 2.75) is 33.2 Å². The van der Waals surface area contributed by atoms with Gasteiger partial charge in [0.2, 0.25) is 5.89 Å². The topological polar surface area (TPSA) is 56.7 Å². The van der Waals surface area contributed by atoms with Crippen LogP contribution < -0.4 is 0 Å². The standard InChI is InChI=1S/C15H17ClN4O/c1-10-4-3-5-12-15(10)18-14(6-8-16)20(12)9-7-13-17-11(2)21-19-13/h3-5H,6-9H2,1-2H3. The number of aromatic nitrogens is 4. The van der Waals surface area contributed by atoms with Gasteiger partial charge in [-0.3, -0.25) is 0 Å². The number of benzene rings is 1. The molecule has 0 saturated heterocycles. The zero-order chi connectivity index (χ0) is 14.8. The SMILES string of the molecule is Cc1nc(CCn2c(CCCl)nc3c(C)cccc32)no1. The van der Waals surface area contributed by atoms with Gasteiger partial charge in [-0.15, -0.1) is 11.6 Å². The van der Waals surface area contributed by atoms with Gasteiger partial charge in [0, 0.05) is 32.2 Å². The Balaban J connectivity index is 1.95. The van der Waals surface area contributed by atoms with Crippen LogP contribution in [0.5, 0.6) is 0 Å². The molecule has 21 heavy (non-hydrogen) atoms. The van der Waals surface area contributed by atoms with Crippen LogP contribution in [0.3, 0.4) is 0 Å². The van der Waals surface area contributed by atoms with Crippen LogP contribution >= 0.6 is 11.6 Å². The van der Waals surface area contributed by atoms with E-state index in [4.69, 9.17) is 21.1 Å². The Kier molecular flexibility index (Phi) is 3.92. The zero-order valence-corrected chi connectivity index (χ0v) is 12.9. The van der Waals surface area contributed by atoms with Crippen molar-refractivity contribution in [3.8, 4) is 0 Å². The van der Waals surface area contributed by atoms with Crippen molar-refractivity contribution in [2.24, 2.45) is 0 Å². The molecular formula is C15H17ClN4O. The van der Waals surface area contributed by atoms with Crippen molar-refractivity contribution < 1.29 is 4.52 Å². The molecule has 6 heteroatoms. The van der Waals surface area contributed by atoms with E-state index in [0.29, 0.717) is 18.2 Å². The first-order chi connectivity index (χ1) is 10.2. The zero-order valence-electron chi connectivity index (χ0n) is 12.1. The van der Waals surface area contributed by atoms with Gasteiger partial charge in [-0.2, -0.15) is 4.98 Å². The molecule has 0 N–H and O–H groups in total.